The van der Waals surface area contributed by atoms with Crippen LogP contribution < -0.4 is 10.6 Å². The molecule has 1 aromatic carbocycles. The maximum atomic E-state index is 12.2. The maximum absolute atomic E-state index is 12.2. The van der Waals surface area contributed by atoms with Crippen molar-refractivity contribution in [2.24, 2.45) is 0 Å². The summed E-state index contributed by atoms with van der Waals surface area (Å²) in [4.78, 5) is 16.1. The van der Waals surface area contributed by atoms with E-state index < -0.39 is 0 Å². The lowest BCUT2D eigenvalue weighted by molar-refractivity contribution is -0.117. The molecule has 5 heteroatoms. The van der Waals surface area contributed by atoms with Crippen molar-refractivity contribution < 1.29 is 4.79 Å². The first kappa shape index (κ1) is 15.5. The highest BCUT2D eigenvalue weighted by atomic mass is 35.5. The van der Waals surface area contributed by atoms with Gasteiger partial charge < -0.3 is 5.32 Å². The van der Waals surface area contributed by atoms with Crippen molar-refractivity contribution >= 4 is 23.2 Å². The minimum Gasteiger partial charge on any atom is -0.322 e. The molecule has 110 valence electrons. The molecule has 2 N–H and O–H groups in total. The molecule has 2 rings (SSSR count). The summed E-state index contributed by atoms with van der Waals surface area (Å²) < 4.78 is 0. The summed E-state index contributed by atoms with van der Waals surface area (Å²) in [6.07, 6.45) is 1.58. The fourth-order valence-electron chi connectivity index (χ4n) is 2.01. The zero-order valence-corrected chi connectivity index (χ0v) is 12.8. The second-order valence-electron chi connectivity index (χ2n) is 4.85. The molecule has 1 amide bonds. The van der Waals surface area contributed by atoms with Gasteiger partial charge >= 0.3 is 0 Å². The van der Waals surface area contributed by atoms with E-state index in [1.165, 1.54) is 0 Å². The maximum Gasteiger partial charge on any atom is 0.241 e. The molecule has 1 aromatic heterocycles. The number of carbonyl (C=O) groups is 1. The van der Waals surface area contributed by atoms with Gasteiger partial charge in [-0.1, -0.05) is 41.9 Å². The highest BCUT2D eigenvalue weighted by Crippen LogP contribution is 2.18. The van der Waals surface area contributed by atoms with Gasteiger partial charge in [-0.05, 0) is 31.5 Å². The Kier molecular flexibility index (Phi) is 5.31. The first-order valence-electron chi connectivity index (χ1n) is 6.80. The number of carbonyl (C=O) groups excluding carboxylic acids is 1. The lowest BCUT2D eigenvalue weighted by Crippen LogP contribution is -2.39. The number of amides is 1. The summed E-state index contributed by atoms with van der Waals surface area (Å²) in [6, 6.07) is 13.2. The van der Waals surface area contributed by atoms with Crippen LogP contribution in [0.1, 0.15) is 25.5 Å². The summed E-state index contributed by atoms with van der Waals surface area (Å²) in [5.74, 6) is -0.146. The summed E-state index contributed by atoms with van der Waals surface area (Å²) in [6.45, 7) is 3.84. The second kappa shape index (κ2) is 7.20. The molecule has 0 aliphatic heterocycles. The number of hydrogen-bond acceptors (Lipinski definition) is 3. The van der Waals surface area contributed by atoms with Crippen molar-refractivity contribution in [3.05, 3.63) is 59.4 Å². The molecule has 1 heterocycles. The van der Waals surface area contributed by atoms with Crippen molar-refractivity contribution in [3.8, 4) is 0 Å². The molecule has 4 nitrogen and oxygen atoms in total. The van der Waals surface area contributed by atoms with Crippen LogP contribution in [0.5, 0.6) is 0 Å². The van der Waals surface area contributed by atoms with E-state index in [1.54, 1.807) is 18.3 Å². The van der Waals surface area contributed by atoms with Crippen LogP contribution in [0.15, 0.2) is 48.7 Å². The Morgan fingerprint density at radius 3 is 2.52 bits per heavy atom. The number of aromatic nitrogens is 1. The Labute approximate surface area is 129 Å². The number of nitrogens with one attached hydrogen (secondary N) is 2. The Balaban J connectivity index is 1.95. The lowest BCUT2D eigenvalue weighted by Gasteiger charge is -2.20. The molecular formula is C16H18ClN3O. The van der Waals surface area contributed by atoms with E-state index in [1.807, 2.05) is 44.2 Å². The molecular weight excluding hydrogens is 286 g/mol. The molecule has 0 unspecified atom stereocenters. The van der Waals surface area contributed by atoms with Crippen LogP contribution in [0.25, 0.3) is 0 Å². The molecule has 0 spiro atoms. The number of anilines is 1. The quantitative estimate of drug-likeness (QED) is 0.832. The van der Waals surface area contributed by atoms with Crippen molar-refractivity contribution in [3.63, 3.8) is 0 Å². The number of benzene rings is 1. The predicted octanol–water partition coefficient (Wildman–Crippen LogP) is 3.41. The van der Waals surface area contributed by atoms with Crippen molar-refractivity contribution in [1.29, 1.82) is 0 Å². The molecule has 0 saturated heterocycles. The van der Waals surface area contributed by atoms with Gasteiger partial charge in [-0.15, -0.1) is 0 Å². The normalized spacial score (nSPS) is 13.5. The number of pyridine rings is 1. The molecule has 0 fully saturated rings. The molecule has 2 atom stereocenters. The smallest absolute Gasteiger partial charge is 0.241 e. The first-order chi connectivity index (χ1) is 10.1. The topological polar surface area (TPSA) is 54.0 Å². The molecule has 0 saturated carbocycles. The molecule has 2 aromatic rings. The van der Waals surface area contributed by atoms with Crippen LogP contribution in [0.3, 0.4) is 0 Å². The fourth-order valence-corrected chi connectivity index (χ4v) is 2.18. The minimum absolute atomic E-state index is 0.0799. The SMILES string of the molecule is C[C@H](N[C@H](C)C(=O)Nc1cccnc1Cl)c1ccccc1. The Morgan fingerprint density at radius 2 is 1.86 bits per heavy atom. The van der Waals surface area contributed by atoms with E-state index in [0.29, 0.717) is 5.69 Å². The lowest BCUT2D eigenvalue weighted by atomic mass is 10.1. The van der Waals surface area contributed by atoms with E-state index in [-0.39, 0.29) is 23.1 Å². The highest BCUT2D eigenvalue weighted by molar-refractivity contribution is 6.32. The second-order valence-corrected chi connectivity index (χ2v) is 5.21. The summed E-state index contributed by atoms with van der Waals surface area (Å²) in [7, 11) is 0. The van der Waals surface area contributed by atoms with Crippen LogP contribution in [0.4, 0.5) is 5.69 Å². The molecule has 0 bridgehead atoms. The first-order valence-corrected chi connectivity index (χ1v) is 7.18. The zero-order chi connectivity index (χ0) is 15.2. The van der Waals surface area contributed by atoms with Crippen molar-refractivity contribution in [2.45, 2.75) is 25.9 Å². The molecule has 0 radical (unpaired) electrons. The van der Waals surface area contributed by atoms with Crippen LogP contribution >= 0.6 is 11.6 Å². The third-order valence-corrected chi connectivity index (χ3v) is 3.51. The summed E-state index contributed by atoms with van der Waals surface area (Å²) in [5.41, 5.74) is 1.65. The van der Waals surface area contributed by atoms with Gasteiger partial charge in [0.2, 0.25) is 5.91 Å². The van der Waals surface area contributed by atoms with E-state index in [0.717, 1.165) is 5.56 Å². The van der Waals surface area contributed by atoms with Crippen LogP contribution in [-0.2, 0) is 4.79 Å². The average Bonchev–Trinajstić information content (AvgIpc) is 2.50. The van der Waals surface area contributed by atoms with Crippen molar-refractivity contribution in [2.75, 3.05) is 5.32 Å². The predicted molar refractivity (Wildman–Crippen MR) is 85.3 cm³/mol. The zero-order valence-electron chi connectivity index (χ0n) is 12.0. The van der Waals surface area contributed by atoms with Crippen LogP contribution in [0, 0.1) is 0 Å². The molecule has 21 heavy (non-hydrogen) atoms. The van der Waals surface area contributed by atoms with Gasteiger partial charge in [-0.3, -0.25) is 10.1 Å². The Bertz CT molecular complexity index is 603. The van der Waals surface area contributed by atoms with Gasteiger partial charge in [0.1, 0.15) is 0 Å². The summed E-state index contributed by atoms with van der Waals surface area (Å²) >= 11 is 5.93. The number of rotatable bonds is 5. The van der Waals surface area contributed by atoms with E-state index >= 15 is 0 Å². The Hall–Kier alpha value is -1.91. The monoisotopic (exact) mass is 303 g/mol. The minimum atomic E-state index is -0.350. The largest absolute Gasteiger partial charge is 0.322 e. The molecule has 0 aliphatic rings. The number of halogens is 1. The van der Waals surface area contributed by atoms with E-state index in [4.69, 9.17) is 11.6 Å². The number of hydrogen-bond donors (Lipinski definition) is 2. The van der Waals surface area contributed by atoms with Crippen LogP contribution in [0.2, 0.25) is 5.15 Å². The van der Waals surface area contributed by atoms with Gasteiger partial charge in [0, 0.05) is 12.2 Å². The Morgan fingerprint density at radius 1 is 1.14 bits per heavy atom. The van der Waals surface area contributed by atoms with Gasteiger partial charge in [0.25, 0.3) is 0 Å². The third kappa shape index (κ3) is 4.28. The average molecular weight is 304 g/mol. The third-order valence-electron chi connectivity index (χ3n) is 3.21. The summed E-state index contributed by atoms with van der Waals surface area (Å²) in [5, 5.41) is 6.32. The van der Waals surface area contributed by atoms with E-state index in [2.05, 4.69) is 15.6 Å². The van der Waals surface area contributed by atoms with Gasteiger partial charge in [-0.25, -0.2) is 4.98 Å². The standard InChI is InChI=1S/C16H18ClN3O/c1-11(13-7-4-3-5-8-13)19-12(2)16(21)20-14-9-6-10-18-15(14)17/h3-12,19H,1-2H3,(H,20,21)/t11-,12+/m0/s1. The fraction of sp³-hybridized carbons (Fsp3) is 0.250. The van der Waals surface area contributed by atoms with Gasteiger partial charge in [-0.2, -0.15) is 0 Å². The van der Waals surface area contributed by atoms with E-state index in [9.17, 15) is 4.79 Å². The highest BCUT2D eigenvalue weighted by Gasteiger charge is 2.17. The van der Waals surface area contributed by atoms with Crippen molar-refractivity contribution in [1.82, 2.24) is 10.3 Å². The number of nitrogens with zero attached hydrogens (tertiary/aromatic N) is 1. The molecule has 0 aliphatic carbocycles. The van der Waals surface area contributed by atoms with Gasteiger partial charge in [0.15, 0.2) is 5.15 Å². The van der Waals surface area contributed by atoms with Gasteiger partial charge in [0.05, 0.1) is 11.7 Å². The van der Waals surface area contributed by atoms with Crippen LogP contribution in [-0.4, -0.2) is 16.9 Å².